The summed E-state index contributed by atoms with van der Waals surface area (Å²) in [5, 5.41) is 0. The van der Waals surface area contributed by atoms with Gasteiger partial charge in [-0.3, -0.25) is 0 Å². The van der Waals surface area contributed by atoms with Crippen molar-refractivity contribution in [3.63, 3.8) is 0 Å². The first-order chi connectivity index (χ1) is 15.0. The molecule has 3 aromatic rings. The van der Waals surface area contributed by atoms with Crippen LogP contribution in [-0.4, -0.2) is 0 Å². The number of nitrogen functional groups attached to an aromatic ring is 2. The zero-order valence-corrected chi connectivity index (χ0v) is 21.1. The quantitative estimate of drug-likeness (QED) is 0.386. The first-order valence-corrected chi connectivity index (χ1v) is 12.0. The van der Waals surface area contributed by atoms with Crippen LogP contribution in [-0.2, 0) is 0 Å². The zero-order valence-electron chi connectivity index (χ0n) is 21.1. The monoisotopic (exact) mass is 428 g/mol. The molecular weight excluding hydrogens is 388 g/mol. The summed E-state index contributed by atoms with van der Waals surface area (Å²) in [5.74, 6) is 1.37. The lowest BCUT2D eigenvalue weighted by molar-refractivity contribution is 0.837. The molecule has 0 aliphatic rings. The van der Waals surface area contributed by atoms with Gasteiger partial charge >= 0.3 is 0 Å². The number of anilines is 2. The molecule has 0 aliphatic heterocycles. The summed E-state index contributed by atoms with van der Waals surface area (Å²) in [6.07, 6.45) is 0. The van der Waals surface area contributed by atoms with E-state index >= 15 is 0 Å². The molecule has 0 amide bonds. The van der Waals surface area contributed by atoms with Gasteiger partial charge in [-0.25, -0.2) is 0 Å². The van der Waals surface area contributed by atoms with Gasteiger partial charge in [-0.1, -0.05) is 85.7 Å². The summed E-state index contributed by atoms with van der Waals surface area (Å²) in [6.45, 7) is 17.8. The Labute approximate surface area is 195 Å². The number of rotatable bonds is 6. The molecule has 0 unspecified atom stereocenters. The van der Waals surface area contributed by atoms with Gasteiger partial charge in [0.2, 0.25) is 0 Å². The fourth-order valence-electron chi connectivity index (χ4n) is 4.77. The highest BCUT2D eigenvalue weighted by Gasteiger charge is 2.23. The molecule has 0 saturated heterocycles. The van der Waals surface area contributed by atoms with E-state index in [9.17, 15) is 0 Å². The molecule has 0 radical (unpaired) electrons. The second kappa shape index (κ2) is 9.40. The van der Waals surface area contributed by atoms with E-state index in [-0.39, 0.29) is 0 Å². The third-order valence-corrected chi connectivity index (χ3v) is 6.50. The highest BCUT2D eigenvalue weighted by molar-refractivity contribution is 5.91. The van der Waals surface area contributed by atoms with E-state index in [1.807, 2.05) is 0 Å². The van der Waals surface area contributed by atoms with Crippen LogP contribution in [0.15, 0.2) is 48.5 Å². The van der Waals surface area contributed by atoms with E-state index in [4.69, 9.17) is 11.5 Å². The van der Waals surface area contributed by atoms with Crippen LogP contribution >= 0.6 is 0 Å². The van der Waals surface area contributed by atoms with Crippen molar-refractivity contribution >= 4 is 11.4 Å². The van der Waals surface area contributed by atoms with Gasteiger partial charge in [0.25, 0.3) is 0 Å². The molecule has 0 aromatic heterocycles. The Balaban J connectivity index is 2.50. The van der Waals surface area contributed by atoms with Crippen LogP contribution < -0.4 is 11.5 Å². The maximum atomic E-state index is 6.83. The van der Waals surface area contributed by atoms with E-state index in [0.29, 0.717) is 23.7 Å². The van der Waals surface area contributed by atoms with E-state index in [0.717, 1.165) is 11.4 Å². The van der Waals surface area contributed by atoms with Crippen molar-refractivity contribution < 1.29 is 0 Å². The molecule has 0 heterocycles. The van der Waals surface area contributed by atoms with Crippen molar-refractivity contribution in [3.05, 3.63) is 70.8 Å². The number of hydrogen-bond donors (Lipinski definition) is 2. The van der Waals surface area contributed by atoms with Crippen LogP contribution in [0.4, 0.5) is 11.4 Å². The maximum absolute atomic E-state index is 6.83. The molecule has 0 aliphatic carbocycles. The van der Waals surface area contributed by atoms with Crippen molar-refractivity contribution in [3.8, 4) is 22.3 Å². The Hall–Kier alpha value is -2.74. The summed E-state index contributed by atoms with van der Waals surface area (Å²) in [7, 11) is 0. The predicted molar refractivity (Wildman–Crippen MR) is 142 cm³/mol. The summed E-state index contributed by atoms with van der Waals surface area (Å²) in [4.78, 5) is 0. The first kappa shape index (κ1) is 23.9. The summed E-state index contributed by atoms with van der Waals surface area (Å²) < 4.78 is 0. The van der Waals surface area contributed by atoms with Gasteiger partial charge in [0.05, 0.1) is 0 Å². The van der Waals surface area contributed by atoms with Gasteiger partial charge in [-0.2, -0.15) is 0 Å². The molecule has 0 bridgehead atoms. The molecule has 0 fully saturated rings. The Kier molecular flexibility index (Phi) is 7.03. The van der Waals surface area contributed by atoms with Gasteiger partial charge < -0.3 is 11.5 Å². The van der Waals surface area contributed by atoms with Crippen molar-refractivity contribution in [2.24, 2.45) is 0 Å². The topological polar surface area (TPSA) is 52.0 Å². The lowest BCUT2D eigenvalue weighted by atomic mass is 9.80. The van der Waals surface area contributed by atoms with Crippen molar-refractivity contribution in [1.29, 1.82) is 0 Å². The van der Waals surface area contributed by atoms with Crippen LogP contribution in [0.25, 0.3) is 22.3 Å². The van der Waals surface area contributed by atoms with Crippen LogP contribution in [0.2, 0.25) is 0 Å². The minimum Gasteiger partial charge on any atom is -0.398 e. The summed E-state index contributed by atoms with van der Waals surface area (Å²) in [5.41, 5.74) is 25.2. The molecule has 4 N–H and O–H groups in total. The lowest BCUT2D eigenvalue weighted by Crippen LogP contribution is -2.08. The first-order valence-electron chi connectivity index (χ1n) is 12.0. The van der Waals surface area contributed by atoms with Gasteiger partial charge in [0, 0.05) is 11.4 Å². The van der Waals surface area contributed by atoms with Crippen LogP contribution in [0.1, 0.15) is 101 Å². The van der Waals surface area contributed by atoms with Crippen molar-refractivity contribution in [2.75, 3.05) is 11.5 Å². The molecule has 32 heavy (non-hydrogen) atoms. The molecule has 0 atom stereocenters. The second-order valence-corrected chi connectivity index (χ2v) is 10.3. The normalized spacial score (nSPS) is 11.9. The lowest BCUT2D eigenvalue weighted by Gasteiger charge is -2.26. The highest BCUT2D eigenvalue weighted by atomic mass is 14.6. The minimum atomic E-state index is 0.311. The van der Waals surface area contributed by atoms with Crippen LogP contribution in [0.3, 0.4) is 0 Å². The smallest absolute Gasteiger partial charge is 0.0391 e. The van der Waals surface area contributed by atoms with Crippen LogP contribution in [0.5, 0.6) is 0 Å². The Morgan fingerprint density at radius 1 is 0.531 bits per heavy atom. The Morgan fingerprint density at radius 3 is 1.44 bits per heavy atom. The van der Waals surface area contributed by atoms with Crippen LogP contribution in [0, 0.1) is 0 Å². The number of benzene rings is 3. The number of nitrogens with two attached hydrogens (primary N) is 2. The minimum absolute atomic E-state index is 0.311. The predicted octanol–water partition coefficient (Wildman–Crippen LogP) is 8.68. The standard InChI is InChI=1S/C30H40N2/c1-17(2)23-14-22(15-24(18(3)4)29(23)31)26-16-25(19(5)6)30(32)27(20(7)8)28(26)21-12-10-9-11-13-21/h9-20H,31-32H2,1-8H3. The molecule has 2 heteroatoms. The highest BCUT2D eigenvalue weighted by Crippen LogP contribution is 2.46. The fourth-order valence-corrected chi connectivity index (χ4v) is 4.77. The maximum Gasteiger partial charge on any atom is 0.0391 e. The largest absolute Gasteiger partial charge is 0.398 e. The van der Waals surface area contributed by atoms with E-state index in [1.54, 1.807) is 0 Å². The molecule has 3 aromatic carbocycles. The van der Waals surface area contributed by atoms with E-state index in [2.05, 4.69) is 104 Å². The van der Waals surface area contributed by atoms with E-state index < -0.39 is 0 Å². The van der Waals surface area contributed by atoms with Crippen molar-refractivity contribution in [2.45, 2.75) is 79.1 Å². The second-order valence-electron chi connectivity index (χ2n) is 10.3. The summed E-state index contributed by atoms with van der Waals surface area (Å²) >= 11 is 0. The zero-order chi connectivity index (χ0) is 23.7. The Morgan fingerprint density at radius 2 is 1.00 bits per heavy atom. The van der Waals surface area contributed by atoms with Gasteiger partial charge in [-0.15, -0.1) is 0 Å². The average molecular weight is 429 g/mol. The van der Waals surface area contributed by atoms with Gasteiger partial charge in [-0.05, 0) is 86.4 Å². The third-order valence-electron chi connectivity index (χ3n) is 6.50. The third kappa shape index (κ3) is 4.41. The molecule has 0 spiro atoms. The molecule has 2 nitrogen and oxygen atoms in total. The molecule has 0 saturated carbocycles. The fraction of sp³-hybridized carbons (Fsp3) is 0.400. The van der Waals surface area contributed by atoms with Gasteiger partial charge in [0.15, 0.2) is 0 Å². The average Bonchev–Trinajstić information content (AvgIpc) is 2.73. The molecular formula is C30H40N2. The van der Waals surface area contributed by atoms with Crippen molar-refractivity contribution in [1.82, 2.24) is 0 Å². The SMILES string of the molecule is CC(C)c1cc(-c2cc(C(C)C)c(N)c(C(C)C)c2-c2ccccc2)cc(C(C)C)c1N. The van der Waals surface area contributed by atoms with E-state index in [1.165, 1.54) is 44.5 Å². The number of hydrogen-bond acceptors (Lipinski definition) is 2. The molecule has 3 rings (SSSR count). The Bertz CT molecular complexity index is 1060. The van der Waals surface area contributed by atoms with Gasteiger partial charge in [0.1, 0.15) is 0 Å². The molecule has 170 valence electrons. The summed E-state index contributed by atoms with van der Waals surface area (Å²) in [6, 6.07) is 17.6.